The maximum Gasteiger partial charge on any atom is 0.123 e. The molecule has 1 N–H and O–H groups in total. The van der Waals surface area contributed by atoms with Crippen LogP contribution in [0.4, 0.5) is 4.39 Å². The van der Waals surface area contributed by atoms with Crippen molar-refractivity contribution >= 4 is 0 Å². The molecular weight excluding hydrogens is 255 g/mol. The fourth-order valence-corrected chi connectivity index (χ4v) is 2.41. The molecule has 0 saturated carbocycles. The van der Waals surface area contributed by atoms with Crippen LogP contribution in [-0.2, 0) is 12.5 Å². The molecule has 3 nitrogen and oxygen atoms in total. The molecule has 0 fully saturated rings. The molecule has 1 unspecified atom stereocenters. The Bertz CT molecular complexity index is 624. The summed E-state index contributed by atoms with van der Waals surface area (Å²) in [5.41, 5.74) is 3.16. The van der Waals surface area contributed by atoms with E-state index in [0.29, 0.717) is 5.56 Å². The maximum atomic E-state index is 13.4. The van der Waals surface area contributed by atoms with Crippen LogP contribution in [0.5, 0.6) is 0 Å². The number of nitrogens with zero attached hydrogens (tertiary/aromatic N) is 2. The molecule has 0 aliphatic heterocycles. The minimum atomic E-state index is -0.735. The Morgan fingerprint density at radius 1 is 1.25 bits per heavy atom. The van der Waals surface area contributed by atoms with E-state index in [-0.39, 0.29) is 11.2 Å². The van der Waals surface area contributed by atoms with Gasteiger partial charge in [0.15, 0.2) is 0 Å². The van der Waals surface area contributed by atoms with Gasteiger partial charge < -0.3 is 5.11 Å². The van der Waals surface area contributed by atoms with E-state index < -0.39 is 6.10 Å². The molecule has 0 spiro atoms. The minimum Gasteiger partial charge on any atom is -0.389 e. The summed E-state index contributed by atoms with van der Waals surface area (Å²) in [5, 5.41) is 14.3. The van der Waals surface area contributed by atoms with Crippen molar-refractivity contribution in [1.82, 2.24) is 9.78 Å². The molecule has 0 amide bonds. The van der Waals surface area contributed by atoms with E-state index in [1.54, 1.807) is 13.0 Å². The lowest BCUT2D eigenvalue weighted by Crippen LogP contribution is -2.16. The van der Waals surface area contributed by atoms with Crippen molar-refractivity contribution in [1.29, 1.82) is 0 Å². The molecule has 0 bridgehead atoms. The van der Waals surface area contributed by atoms with Crippen molar-refractivity contribution in [2.45, 2.75) is 39.2 Å². The van der Waals surface area contributed by atoms with E-state index in [1.165, 1.54) is 12.1 Å². The SMILES string of the molecule is CC(O)c1cc(F)ccc1-c1cc(C(C)(C)C)n(C)n1. The highest BCUT2D eigenvalue weighted by Gasteiger charge is 2.21. The highest BCUT2D eigenvalue weighted by molar-refractivity contribution is 5.65. The van der Waals surface area contributed by atoms with E-state index in [2.05, 4.69) is 25.9 Å². The zero-order chi connectivity index (χ0) is 15.1. The third-order valence-electron chi connectivity index (χ3n) is 3.39. The van der Waals surface area contributed by atoms with Gasteiger partial charge in [-0.15, -0.1) is 0 Å². The molecule has 20 heavy (non-hydrogen) atoms. The summed E-state index contributed by atoms with van der Waals surface area (Å²) < 4.78 is 15.2. The van der Waals surface area contributed by atoms with Gasteiger partial charge in [-0.3, -0.25) is 4.68 Å². The first-order valence-electron chi connectivity index (χ1n) is 6.72. The first-order valence-corrected chi connectivity index (χ1v) is 6.72. The Morgan fingerprint density at radius 2 is 1.90 bits per heavy atom. The van der Waals surface area contributed by atoms with Gasteiger partial charge in [0.2, 0.25) is 0 Å². The molecular formula is C16H21FN2O. The van der Waals surface area contributed by atoms with Crippen LogP contribution in [0, 0.1) is 5.82 Å². The number of aryl methyl sites for hydroxylation is 1. The highest BCUT2D eigenvalue weighted by atomic mass is 19.1. The number of hydrogen-bond donors (Lipinski definition) is 1. The average Bonchev–Trinajstić information content (AvgIpc) is 2.70. The molecule has 2 aromatic rings. The van der Waals surface area contributed by atoms with E-state index in [4.69, 9.17) is 0 Å². The molecule has 1 atom stereocenters. The van der Waals surface area contributed by atoms with Crippen molar-refractivity contribution in [3.8, 4) is 11.3 Å². The monoisotopic (exact) mass is 276 g/mol. The largest absolute Gasteiger partial charge is 0.389 e. The first kappa shape index (κ1) is 14.7. The average molecular weight is 276 g/mol. The van der Waals surface area contributed by atoms with Crippen LogP contribution in [0.3, 0.4) is 0 Å². The third kappa shape index (κ3) is 2.75. The van der Waals surface area contributed by atoms with Crippen LogP contribution in [0.15, 0.2) is 24.3 Å². The standard InChI is InChI=1S/C16H21FN2O/c1-10(20)13-8-11(17)6-7-12(13)14-9-15(16(2,3)4)19(5)18-14/h6-10,20H,1-5H3. The zero-order valence-electron chi connectivity index (χ0n) is 12.6. The van der Waals surface area contributed by atoms with Gasteiger partial charge in [0.25, 0.3) is 0 Å². The van der Waals surface area contributed by atoms with Crippen LogP contribution < -0.4 is 0 Å². The molecule has 1 aromatic heterocycles. The van der Waals surface area contributed by atoms with Gasteiger partial charge in [0, 0.05) is 23.7 Å². The summed E-state index contributed by atoms with van der Waals surface area (Å²) in [6.07, 6.45) is -0.735. The number of aromatic nitrogens is 2. The fraction of sp³-hybridized carbons (Fsp3) is 0.438. The van der Waals surface area contributed by atoms with E-state index in [9.17, 15) is 9.50 Å². The Hall–Kier alpha value is -1.68. The van der Waals surface area contributed by atoms with Gasteiger partial charge in [0.05, 0.1) is 11.8 Å². The summed E-state index contributed by atoms with van der Waals surface area (Å²) >= 11 is 0. The molecule has 0 aliphatic rings. The lowest BCUT2D eigenvalue weighted by atomic mass is 9.91. The van der Waals surface area contributed by atoms with Gasteiger partial charge >= 0.3 is 0 Å². The molecule has 1 aromatic carbocycles. The maximum absolute atomic E-state index is 13.4. The van der Waals surface area contributed by atoms with Crippen LogP contribution in [-0.4, -0.2) is 14.9 Å². The van der Waals surface area contributed by atoms with Crippen LogP contribution in [0.25, 0.3) is 11.3 Å². The second-order valence-electron chi connectivity index (χ2n) is 6.20. The van der Waals surface area contributed by atoms with Crippen LogP contribution >= 0.6 is 0 Å². The van der Waals surface area contributed by atoms with Gasteiger partial charge in [-0.25, -0.2) is 4.39 Å². The van der Waals surface area contributed by atoms with E-state index >= 15 is 0 Å². The normalized spacial score (nSPS) is 13.6. The van der Waals surface area contributed by atoms with Gasteiger partial charge in [-0.1, -0.05) is 20.8 Å². The summed E-state index contributed by atoms with van der Waals surface area (Å²) in [6.45, 7) is 7.99. The number of halogens is 1. The van der Waals surface area contributed by atoms with E-state index in [1.807, 2.05) is 17.8 Å². The van der Waals surface area contributed by atoms with Crippen LogP contribution in [0.1, 0.15) is 45.1 Å². The summed E-state index contributed by atoms with van der Waals surface area (Å²) in [4.78, 5) is 0. The quantitative estimate of drug-likeness (QED) is 0.910. The van der Waals surface area contributed by atoms with E-state index in [0.717, 1.165) is 17.0 Å². The third-order valence-corrected chi connectivity index (χ3v) is 3.39. The van der Waals surface area contributed by atoms with Crippen molar-refractivity contribution in [3.05, 3.63) is 41.3 Å². The second-order valence-corrected chi connectivity index (χ2v) is 6.20. The molecule has 4 heteroatoms. The summed E-state index contributed by atoms with van der Waals surface area (Å²) in [7, 11) is 1.90. The summed E-state index contributed by atoms with van der Waals surface area (Å²) in [6, 6.07) is 6.43. The topological polar surface area (TPSA) is 38.0 Å². The number of aliphatic hydroxyl groups is 1. The van der Waals surface area contributed by atoms with Gasteiger partial charge in [0.1, 0.15) is 5.82 Å². The van der Waals surface area contributed by atoms with Gasteiger partial charge in [-0.05, 0) is 36.8 Å². The molecule has 2 rings (SSSR count). The fourth-order valence-electron chi connectivity index (χ4n) is 2.41. The van der Waals surface area contributed by atoms with Crippen molar-refractivity contribution in [2.75, 3.05) is 0 Å². The Balaban J connectivity index is 2.58. The van der Waals surface area contributed by atoms with Crippen molar-refractivity contribution < 1.29 is 9.50 Å². The minimum absolute atomic E-state index is 0.0228. The summed E-state index contributed by atoms with van der Waals surface area (Å²) in [5.74, 6) is -0.350. The number of benzene rings is 1. The predicted molar refractivity (Wildman–Crippen MR) is 77.9 cm³/mol. The Kier molecular flexibility index (Phi) is 3.69. The van der Waals surface area contributed by atoms with Crippen LogP contribution in [0.2, 0.25) is 0 Å². The Labute approximate surface area is 119 Å². The zero-order valence-corrected chi connectivity index (χ0v) is 12.6. The lowest BCUT2D eigenvalue weighted by molar-refractivity contribution is 0.199. The Morgan fingerprint density at radius 3 is 2.40 bits per heavy atom. The second kappa shape index (κ2) is 5.02. The van der Waals surface area contributed by atoms with Crippen molar-refractivity contribution in [2.24, 2.45) is 7.05 Å². The number of rotatable bonds is 2. The van der Waals surface area contributed by atoms with Crippen molar-refractivity contribution in [3.63, 3.8) is 0 Å². The molecule has 108 valence electrons. The molecule has 1 heterocycles. The molecule has 0 radical (unpaired) electrons. The molecule has 0 saturated heterocycles. The predicted octanol–water partition coefficient (Wildman–Crippen LogP) is 3.58. The molecule has 0 aliphatic carbocycles. The first-order chi connectivity index (χ1) is 9.20. The smallest absolute Gasteiger partial charge is 0.123 e. The number of hydrogen-bond acceptors (Lipinski definition) is 2. The number of aliphatic hydroxyl groups excluding tert-OH is 1. The van der Waals surface area contributed by atoms with Gasteiger partial charge in [-0.2, -0.15) is 5.10 Å². The lowest BCUT2D eigenvalue weighted by Gasteiger charge is -2.17. The highest BCUT2D eigenvalue weighted by Crippen LogP contribution is 2.31.